The third-order valence-corrected chi connectivity index (χ3v) is 3.88. The number of halogens is 3. The molecule has 25 heavy (non-hydrogen) atoms. The van der Waals surface area contributed by atoms with E-state index in [0.29, 0.717) is 0 Å². The number of aromatic nitrogens is 2. The first kappa shape index (κ1) is 17.0. The first-order valence-corrected chi connectivity index (χ1v) is 7.98. The van der Waals surface area contributed by atoms with Gasteiger partial charge in [0.1, 0.15) is 23.1 Å². The lowest BCUT2D eigenvalue weighted by molar-refractivity contribution is -0.113. The quantitative estimate of drug-likeness (QED) is 0.695. The molecule has 1 aromatic heterocycles. The van der Waals surface area contributed by atoms with Crippen molar-refractivity contribution in [3.63, 3.8) is 0 Å². The molecule has 0 bridgehead atoms. The van der Waals surface area contributed by atoms with Crippen molar-refractivity contribution in [2.45, 2.75) is 5.22 Å². The molecule has 0 aliphatic rings. The zero-order valence-corrected chi connectivity index (χ0v) is 13.3. The van der Waals surface area contributed by atoms with E-state index in [0.717, 1.165) is 23.9 Å². The number of carbonyl (C=O) groups is 1. The van der Waals surface area contributed by atoms with Gasteiger partial charge >= 0.3 is 0 Å². The van der Waals surface area contributed by atoms with E-state index in [1.54, 1.807) is 6.07 Å². The van der Waals surface area contributed by atoms with Gasteiger partial charge in [0.05, 0.1) is 11.3 Å². The van der Waals surface area contributed by atoms with Crippen molar-refractivity contribution in [3.05, 3.63) is 59.9 Å². The van der Waals surface area contributed by atoms with Crippen molar-refractivity contribution in [3.8, 4) is 11.5 Å². The number of hydrogen-bond acceptors (Lipinski definition) is 5. The van der Waals surface area contributed by atoms with Gasteiger partial charge in [-0.1, -0.05) is 30.0 Å². The van der Waals surface area contributed by atoms with Gasteiger partial charge in [0.2, 0.25) is 5.91 Å². The summed E-state index contributed by atoms with van der Waals surface area (Å²) >= 11 is 0.861. The fourth-order valence-corrected chi connectivity index (χ4v) is 2.49. The Morgan fingerprint density at radius 3 is 2.40 bits per heavy atom. The van der Waals surface area contributed by atoms with Gasteiger partial charge < -0.3 is 9.73 Å². The summed E-state index contributed by atoms with van der Waals surface area (Å²) in [6, 6.07) is 9.13. The first-order valence-electron chi connectivity index (χ1n) is 6.99. The van der Waals surface area contributed by atoms with Crippen LogP contribution >= 0.6 is 11.8 Å². The lowest BCUT2D eigenvalue weighted by atomic mass is 10.2. The van der Waals surface area contributed by atoms with E-state index in [-0.39, 0.29) is 22.4 Å². The molecule has 0 saturated heterocycles. The Labute approximate surface area is 144 Å². The lowest BCUT2D eigenvalue weighted by Crippen LogP contribution is -2.16. The molecule has 0 atom stereocenters. The molecule has 3 aromatic rings. The van der Waals surface area contributed by atoms with Gasteiger partial charge in [0, 0.05) is 0 Å². The minimum atomic E-state index is -0.877. The molecule has 2 aromatic carbocycles. The second-order valence-electron chi connectivity index (χ2n) is 4.79. The minimum absolute atomic E-state index is 0.0267. The summed E-state index contributed by atoms with van der Waals surface area (Å²) in [4.78, 5) is 11.8. The molecular formula is C16H10F3N3O2S. The molecule has 3 rings (SSSR count). The van der Waals surface area contributed by atoms with Crippen LogP contribution in [0, 0.1) is 17.5 Å². The van der Waals surface area contributed by atoms with Gasteiger partial charge in [-0.25, -0.2) is 13.2 Å². The van der Waals surface area contributed by atoms with Gasteiger partial charge in [-0.2, -0.15) is 0 Å². The Balaban J connectivity index is 1.63. The third-order valence-electron chi connectivity index (χ3n) is 3.06. The van der Waals surface area contributed by atoms with Crippen LogP contribution in [-0.4, -0.2) is 21.9 Å². The molecule has 128 valence electrons. The number of benzene rings is 2. The number of thioether (sulfide) groups is 1. The Hall–Kier alpha value is -2.81. The van der Waals surface area contributed by atoms with Crippen molar-refractivity contribution in [2.75, 3.05) is 11.1 Å². The van der Waals surface area contributed by atoms with Crippen LogP contribution in [-0.2, 0) is 4.79 Å². The summed E-state index contributed by atoms with van der Waals surface area (Å²) in [6.45, 7) is 0. The van der Waals surface area contributed by atoms with Crippen molar-refractivity contribution < 1.29 is 22.4 Å². The largest absolute Gasteiger partial charge is 0.411 e. The molecule has 0 aliphatic carbocycles. The molecule has 0 aliphatic heterocycles. The zero-order valence-electron chi connectivity index (χ0n) is 12.5. The summed E-state index contributed by atoms with van der Waals surface area (Å²) in [5, 5.41) is 9.57. The summed E-state index contributed by atoms with van der Waals surface area (Å²) in [5.74, 6) is -3.17. The number of rotatable bonds is 5. The second kappa shape index (κ2) is 7.39. The van der Waals surface area contributed by atoms with Crippen LogP contribution in [0.1, 0.15) is 0 Å². The molecule has 1 heterocycles. The van der Waals surface area contributed by atoms with Crippen LogP contribution in [0.2, 0.25) is 0 Å². The predicted molar refractivity (Wildman–Crippen MR) is 85.4 cm³/mol. The van der Waals surface area contributed by atoms with Gasteiger partial charge in [0.15, 0.2) is 0 Å². The third kappa shape index (κ3) is 4.00. The summed E-state index contributed by atoms with van der Waals surface area (Å²) in [5.41, 5.74) is -0.384. The number of carbonyl (C=O) groups excluding carboxylic acids is 1. The number of amides is 1. The number of anilines is 1. The second-order valence-corrected chi connectivity index (χ2v) is 5.71. The van der Waals surface area contributed by atoms with Crippen molar-refractivity contribution in [2.24, 2.45) is 0 Å². The Morgan fingerprint density at radius 2 is 1.68 bits per heavy atom. The normalized spacial score (nSPS) is 10.7. The van der Waals surface area contributed by atoms with E-state index >= 15 is 0 Å². The van der Waals surface area contributed by atoms with Gasteiger partial charge in [0.25, 0.3) is 11.1 Å². The summed E-state index contributed by atoms with van der Waals surface area (Å²) in [7, 11) is 0. The number of para-hydroxylation sites is 1. The number of hydrogen-bond donors (Lipinski definition) is 1. The summed E-state index contributed by atoms with van der Waals surface area (Å²) < 4.78 is 45.8. The van der Waals surface area contributed by atoms with Crippen molar-refractivity contribution in [1.82, 2.24) is 10.2 Å². The van der Waals surface area contributed by atoms with Crippen LogP contribution in [0.3, 0.4) is 0 Å². The molecule has 0 unspecified atom stereocenters. The van der Waals surface area contributed by atoms with E-state index in [1.165, 1.54) is 24.3 Å². The maximum atomic E-state index is 13.6. The SMILES string of the molecule is O=C(CSc1nnc(-c2ccccc2F)o1)Nc1c(F)cccc1F. The molecule has 1 N–H and O–H groups in total. The highest BCUT2D eigenvalue weighted by atomic mass is 32.2. The smallest absolute Gasteiger partial charge is 0.277 e. The predicted octanol–water partition coefficient (Wildman–Crippen LogP) is 3.88. The first-order chi connectivity index (χ1) is 12.0. The summed E-state index contributed by atoms with van der Waals surface area (Å²) in [6.07, 6.45) is 0. The number of nitrogens with one attached hydrogen (secondary N) is 1. The highest BCUT2D eigenvalue weighted by Gasteiger charge is 2.16. The zero-order chi connectivity index (χ0) is 17.8. The lowest BCUT2D eigenvalue weighted by Gasteiger charge is -2.06. The Kier molecular flexibility index (Phi) is 5.03. The molecule has 0 spiro atoms. The molecular weight excluding hydrogens is 355 g/mol. The molecule has 5 nitrogen and oxygen atoms in total. The van der Waals surface area contributed by atoms with E-state index in [1.807, 2.05) is 0 Å². The van der Waals surface area contributed by atoms with Crippen molar-refractivity contribution >= 4 is 23.4 Å². The van der Waals surface area contributed by atoms with Crippen LogP contribution in [0.5, 0.6) is 0 Å². The average Bonchev–Trinajstić information content (AvgIpc) is 3.06. The Morgan fingerprint density at radius 1 is 1.00 bits per heavy atom. The van der Waals surface area contributed by atoms with Crippen molar-refractivity contribution in [1.29, 1.82) is 0 Å². The maximum absolute atomic E-state index is 13.6. The highest BCUT2D eigenvalue weighted by molar-refractivity contribution is 7.99. The van der Waals surface area contributed by atoms with Gasteiger partial charge in [-0.15, -0.1) is 10.2 Å². The van der Waals surface area contributed by atoms with Gasteiger partial charge in [-0.3, -0.25) is 4.79 Å². The average molecular weight is 365 g/mol. The topological polar surface area (TPSA) is 68.0 Å². The molecule has 1 amide bonds. The van der Waals surface area contributed by atoms with Gasteiger partial charge in [-0.05, 0) is 24.3 Å². The fourth-order valence-electron chi connectivity index (χ4n) is 1.93. The van der Waals surface area contributed by atoms with E-state index in [4.69, 9.17) is 4.42 Å². The number of nitrogens with zero attached hydrogens (tertiary/aromatic N) is 2. The minimum Gasteiger partial charge on any atom is -0.411 e. The van der Waals surface area contributed by atoms with E-state index in [2.05, 4.69) is 15.5 Å². The molecule has 9 heteroatoms. The standard InChI is InChI=1S/C16H10F3N3O2S/c17-10-5-2-1-4-9(10)15-21-22-16(24-15)25-8-13(23)20-14-11(18)6-3-7-12(14)19/h1-7H,8H2,(H,20,23). The van der Waals surface area contributed by atoms with Crippen LogP contribution < -0.4 is 5.32 Å². The molecule has 0 saturated carbocycles. The van der Waals surface area contributed by atoms with E-state index in [9.17, 15) is 18.0 Å². The van der Waals surface area contributed by atoms with Crippen LogP contribution in [0.15, 0.2) is 52.1 Å². The maximum Gasteiger partial charge on any atom is 0.277 e. The molecule has 0 radical (unpaired) electrons. The molecule has 0 fully saturated rings. The highest BCUT2D eigenvalue weighted by Crippen LogP contribution is 2.25. The Bertz CT molecular complexity index is 897. The van der Waals surface area contributed by atoms with Crippen LogP contribution in [0.25, 0.3) is 11.5 Å². The monoisotopic (exact) mass is 365 g/mol. The van der Waals surface area contributed by atoms with E-state index < -0.39 is 29.0 Å². The fraction of sp³-hybridized carbons (Fsp3) is 0.0625. The van der Waals surface area contributed by atoms with Crippen LogP contribution in [0.4, 0.5) is 18.9 Å².